The van der Waals surface area contributed by atoms with Crippen molar-refractivity contribution in [3.05, 3.63) is 12.2 Å². The summed E-state index contributed by atoms with van der Waals surface area (Å²) in [6.45, 7) is 0. The smallest absolute Gasteiger partial charge is 0.150 e. The van der Waals surface area contributed by atoms with Crippen LogP contribution in [0.5, 0.6) is 0 Å². The van der Waals surface area contributed by atoms with Gasteiger partial charge in [0.15, 0.2) is 5.78 Å². The molecule has 4 aliphatic rings. The molecule has 0 spiro atoms. The quantitative estimate of drug-likeness (QED) is 0.467. The van der Waals surface area contributed by atoms with Gasteiger partial charge in [0.25, 0.3) is 0 Å². The monoisotopic (exact) mass is 238 g/mol. The van der Waals surface area contributed by atoms with Crippen molar-refractivity contribution in [2.24, 2.45) is 35.5 Å². The molecule has 7 atom stereocenters. The maximum absolute atomic E-state index is 11.9. The Kier molecular flexibility index (Phi) is 1.08. The first kappa shape index (κ1) is 7.22. The Morgan fingerprint density at radius 1 is 1.23 bits per heavy atom. The lowest BCUT2D eigenvalue weighted by Gasteiger charge is -2.25. The molecule has 13 heavy (non-hydrogen) atoms. The highest BCUT2D eigenvalue weighted by molar-refractivity contribution is 9.10. The van der Waals surface area contributed by atoms with E-state index in [4.69, 9.17) is 0 Å². The van der Waals surface area contributed by atoms with E-state index in [9.17, 15) is 4.79 Å². The second kappa shape index (κ2) is 1.95. The molecule has 0 saturated heterocycles. The first-order chi connectivity index (χ1) is 6.29. The predicted octanol–water partition coefficient (Wildman–Crippen LogP) is 2.02. The lowest BCUT2D eigenvalue weighted by Crippen LogP contribution is -2.24. The lowest BCUT2D eigenvalue weighted by atomic mass is 9.79. The highest BCUT2D eigenvalue weighted by Gasteiger charge is 2.67. The van der Waals surface area contributed by atoms with Crippen molar-refractivity contribution in [2.75, 3.05) is 0 Å². The summed E-state index contributed by atoms with van der Waals surface area (Å²) in [6.07, 6.45) is 6.04. The minimum Gasteiger partial charge on any atom is -0.298 e. The third-order valence-electron chi connectivity index (χ3n) is 4.84. The number of Topliss-reactive ketones (excluding diaryl/α,β-unsaturated/α-hetero) is 1. The fourth-order valence-corrected chi connectivity index (χ4v) is 5.58. The molecule has 2 heteroatoms. The molecule has 2 bridgehead atoms. The average Bonchev–Trinajstić information content (AvgIpc) is 2.70. The van der Waals surface area contributed by atoms with Crippen molar-refractivity contribution in [1.29, 1.82) is 0 Å². The summed E-state index contributed by atoms with van der Waals surface area (Å²) >= 11 is 3.60. The molecule has 0 aliphatic heterocycles. The molecule has 0 amide bonds. The molecule has 0 N–H and O–H groups in total. The molecule has 1 nitrogen and oxygen atoms in total. The Hall–Kier alpha value is -0.110. The molecule has 0 aromatic carbocycles. The van der Waals surface area contributed by atoms with E-state index >= 15 is 0 Å². The summed E-state index contributed by atoms with van der Waals surface area (Å²) in [7, 11) is 0. The Labute approximate surface area is 85.7 Å². The van der Waals surface area contributed by atoms with E-state index in [-0.39, 0.29) is 4.83 Å². The van der Waals surface area contributed by atoms with Crippen molar-refractivity contribution in [1.82, 2.24) is 0 Å². The average molecular weight is 239 g/mol. The Morgan fingerprint density at radius 2 is 2.00 bits per heavy atom. The number of carbonyl (C=O) groups is 1. The van der Waals surface area contributed by atoms with Gasteiger partial charge in [-0.15, -0.1) is 0 Å². The minimum absolute atomic E-state index is 0.187. The van der Waals surface area contributed by atoms with Gasteiger partial charge in [-0.2, -0.15) is 0 Å². The van der Waals surface area contributed by atoms with Crippen molar-refractivity contribution in [3.63, 3.8) is 0 Å². The van der Waals surface area contributed by atoms with Crippen LogP contribution in [0.2, 0.25) is 0 Å². The summed E-state index contributed by atoms with van der Waals surface area (Å²) in [5.74, 6) is 4.49. The van der Waals surface area contributed by atoms with Crippen LogP contribution < -0.4 is 0 Å². The third-order valence-corrected chi connectivity index (χ3v) is 5.90. The zero-order valence-corrected chi connectivity index (χ0v) is 8.78. The molecule has 0 aromatic rings. The molecule has 3 saturated carbocycles. The number of rotatable bonds is 0. The number of carbonyl (C=O) groups excluding carboxylic acids is 1. The largest absolute Gasteiger partial charge is 0.298 e. The first-order valence-corrected chi connectivity index (χ1v) is 6.07. The van der Waals surface area contributed by atoms with Crippen molar-refractivity contribution >= 4 is 21.7 Å². The van der Waals surface area contributed by atoms with Crippen LogP contribution >= 0.6 is 15.9 Å². The molecular formula is C11H11BrO. The Balaban J connectivity index is 1.96. The van der Waals surface area contributed by atoms with Crippen LogP contribution in [0.4, 0.5) is 0 Å². The van der Waals surface area contributed by atoms with Crippen LogP contribution in [-0.4, -0.2) is 10.6 Å². The fraction of sp³-hybridized carbons (Fsp3) is 0.727. The van der Waals surface area contributed by atoms with E-state index in [0.29, 0.717) is 23.5 Å². The molecule has 0 radical (unpaired) electrons. The summed E-state index contributed by atoms with van der Waals surface area (Å²) in [5.41, 5.74) is 0. The molecule has 3 fully saturated rings. The van der Waals surface area contributed by atoms with E-state index in [0.717, 1.165) is 17.8 Å². The van der Waals surface area contributed by atoms with Gasteiger partial charge in [0.05, 0.1) is 4.83 Å². The molecule has 0 aromatic heterocycles. The van der Waals surface area contributed by atoms with Crippen LogP contribution in [0, 0.1) is 35.5 Å². The number of fused-ring (bicyclic) bond motifs is 2. The molecule has 4 aliphatic carbocycles. The fourth-order valence-electron chi connectivity index (χ4n) is 4.53. The number of allylic oxidation sites excluding steroid dienone is 2. The number of hydrogen-bond donors (Lipinski definition) is 0. The Bertz CT molecular complexity index is 335. The number of ketones is 1. The second-order valence-electron chi connectivity index (χ2n) is 5.01. The zero-order chi connectivity index (χ0) is 8.74. The van der Waals surface area contributed by atoms with Crippen LogP contribution in [0.3, 0.4) is 0 Å². The predicted molar refractivity (Wildman–Crippen MR) is 52.4 cm³/mol. The van der Waals surface area contributed by atoms with Gasteiger partial charge in [-0.05, 0) is 36.0 Å². The Morgan fingerprint density at radius 3 is 2.85 bits per heavy atom. The molecular weight excluding hydrogens is 228 g/mol. The van der Waals surface area contributed by atoms with Gasteiger partial charge < -0.3 is 0 Å². The minimum atomic E-state index is 0.187. The molecule has 0 unspecified atom stereocenters. The van der Waals surface area contributed by atoms with Crippen LogP contribution in [-0.2, 0) is 4.79 Å². The third kappa shape index (κ3) is 0.577. The molecule has 0 heterocycles. The van der Waals surface area contributed by atoms with E-state index in [2.05, 4.69) is 28.1 Å². The summed E-state index contributed by atoms with van der Waals surface area (Å²) in [6, 6.07) is 0. The maximum Gasteiger partial charge on any atom is 0.150 e. The molecule has 4 rings (SSSR count). The summed E-state index contributed by atoms with van der Waals surface area (Å²) in [5, 5.41) is 0. The second-order valence-corrected chi connectivity index (χ2v) is 6.00. The SMILES string of the molecule is O=C1[C@H]2[C@@H]3C=C[C@@H]4[C@@H]3C[C@@H]2[C@@H]4[C@H]1Br. The topological polar surface area (TPSA) is 17.1 Å². The van der Waals surface area contributed by atoms with Gasteiger partial charge >= 0.3 is 0 Å². The van der Waals surface area contributed by atoms with Gasteiger partial charge in [0.2, 0.25) is 0 Å². The highest BCUT2D eigenvalue weighted by Crippen LogP contribution is 2.68. The number of halogens is 1. The van der Waals surface area contributed by atoms with Gasteiger partial charge in [-0.3, -0.25) is 4.79 Å². The lowest BCUT2D eigenvalue weighted by molar-refractivity contribution is -0.121. The van der Waals surface area contributed by atoms with Crippen molar-refractivity contribution < 1.29 is 4.79 Å². The van der Waals surface area contributed by atoms with Gasteiger partial charge in [0, 0.05) is 5.92 Å². The van der Waals surface area contributed by atoms with E-state index in [1.807, 2.05) is 0 Å². The normalized spacial score (nSPS) is 65.6. The zero-order valence-electron chi connectivity index (χ0n) is 7.19. The van der Waals surface area contributed by atoms with Crippen LogP contribution in [0.1, 0.15) is 6.42 Å². The highest BCUT2D eigenvalue weighted by atomic mass is 79.9. The summed E-state index contributed by atoms with van der Waals surface area (Å²) < 4.78 is 0. The van der Waals surface area contributed by atoms with Gasteiger partial charge in [0.1, 0.15) is 0 Å². The standard InChI is InChI=1S/C11H11BrO/c12-10-8-4-1-2-5-6(4)3-7(8)9(5)11(10)13/h1-2,4-10H,3H2/t4-,5-,6+,7-,8-,9+,10-/m1/s1. The number of hydrogen-bond acceptors (Lipinski definition) is 1. The van der Waals surface area contributed by atoms with E-state index < -0.39 is 0 Å². The van der Waals surface area contributed by atoms with Crippen molar-refractivity contribution in [3.8, 4) is 0 Å². The maximum atomic E-state index is 11.9. The van der Waals surface area contributed by atoms with E-state index in [1.165, 1.54) is 6.42 Å². The van der Waals surface area contributed by atoms with Crippen LogP contribution in [0.25, 0.3) is 0 Å². The summed E-state index contributed by atoms with van der Waals surface area (Å²) in [4.78, 5) is 12.1. The van der Waals surface area contributed by atoms with Gasteiger partial charge in [-0.1, -0.05) is 28.1 Å². The van der Waals surface area contributed by atoms with Gasteiger partial charge in [-0.25, -0.2) is 0 Å². The molecule has 68 valence electrons. The van der Waals surface area contributed by atoms with Crippen molar-refractivity contribution in [2.45, 2.75) is 11.2 Å². The first-order valence-electron chi connectivity index (χ1n) is 5.15. The van der Waals surface area contributed by atoms with Crippen LogP contribution in [0.15, 0.2) is 12.2 Å². The van der Waals surface area contributed by atoms with E-state index in [1.54, 1.807) is 0 Å². The number of alkyl halides is 1.